The van der Waals surface area contributed by atoms with E-state index in [2.05, 4.69) is 16.8 Å². The lowest BCUT2D eigenvalue weighted by Gasteiger charge is -2.31. The summed E-state index contributed by atoms with van der Waals surface area (Å²) in [7, 11) is 0. The van der Waals surface area contributed by atoms with E-state index in [0.717, 1.165) is 30.4 Å². The summed E-state index contributed by atoms with van der Waals surface area (Å²) in [5.74, 6) is 1.83. The quantitative estimate of drug-likeness (QED) is 0.831. The van der Waals surface area contributed by atoms with Crippen molar-refractivity contribution >= 4 is 5.82 Å². The molecule has 1 atom stereocenters. The monoisotopic (exact) mass is 220 g/mol. The minimum absolute atomic E-state index is 0.412. The maximum absolute atomic E-state index is 9.54. The van der Waals surface area contributed by atoms with Crippen LogP contribution in [0.1, 0.15) is 38.4 Å². The van der Waals surface area contributed by atoms with Gasteiger partial charge in [-0.15, -0.1) is 0 Å². The first-order valence-electron chi connectivity index (χ1n) is 6.06. The summed E-state index contributed by atoms with van der Waals surface area (Å²) in [4.78, 5) is 6.70. The number of hydrogen-bond acceptors (Lipinski definition) is 3. The number of aliphatic hydroxyl groups excluding tert-OH is 1. The van der Waals surface area contributed by atoms with E-state index in [-0.39, 0.29) is 0 Å². The van der Waals surface area contributed by atoms with Crippen molar-refractivity contribution in [3.63, 3.8) is 0 Å². The maximum atomic E-state index is 9.54. The van der Waals surface area contributed by atoms with Crippen LogP contribution in [0, 0.1) is 5.92 Å². The van der Waals surface area contributed by atoms with E-state index in [9.17, 15) is 5.11 Å². The summed E-state index contributed by atoms with van der Waals surface area (Å²) in [5, 5.41) is 9.54. The molecular formula is C13H20N2O. The highest BCUT2D eigenvalue weighted by Gasteiger charge is 2.17. The molecule has 1 aliphatic rings. The van der Waals surface area contributed by atoms with E-state index in [1.165, 1.54) is 12.8 Å². The lowest BCUT2D eigenvalue weighted by molar-refractivity contribution is 0.199. The molecule has 0 aromatic carbocycles. The van der Waals surface area contributed by atoms with Gasteiger partial charge in [0.25, 0.3) is 0 Å². The number of aliphatic hydroxyl groups is 1. The van der Waals surface area contributed by atoms with Crippen molar-refractivity contribution in [2.45, 2.75) is 32.8 Å². The molecule has 1 aromatic rings. The minimum Gasteiger partial charge on any atom is -0.389 e. The van der Waals surface area contributed by atoms with Crippen LogP contribution in [-0.4, -0.2) is 23.2 Å². The van der Waals surface area contributed by atoms with E-state index < -0.39 is 6.10 Å². The Labute approximate surface area is 97.1 Å². The zero-order chi connectivity index (χ0) is 11.5. The van der Waals surface area contributed by atoms with Crippen LogP contribution >= 0.6 is 0 Å². The topological polar surface area (TPSA) is 36.4 Å². The second-order valence-corrected chi connectivity index (χ2v) is 4.79. The third-order valence-electron chi connectivity index (χ3n) is 3.36. The molecule has 0 saturated carbocycles. The predicted molar refractivity (Wildman–Crippen MR) is 65.5 cm³/mol. The molecule has 0 bridgehead atoms. The van der Waals surface area contributed by atoms with Gasteiger partial charge < -0.3 is 10.0 Å². The van der Waals surface area contributed by atoms with Gasteiger partial charge in [0.15, 0.2) is 0 Å². The fourth-order valence-electron chi connectivity index (χ4n) is 2.10. The van der Waals surface area contributed by atoms with E-state index in [1.54, 1.807) is 13.1 Å². The van der Waals surface area contributed by atoms with Crippen molar-refractivity contribution in [2.24, 2.45) is 5.92 Å². The average Bonchev–Trinajstić information content (AvgIpc) is 2.30. The van der Waals surface area contributed by atoms with Gasteiger partial charge in [-0.25, -0.2) is 4.98 Å². The highest BCUT2D eigenvalue weighted by Crippen LogP contribution is 2.23. The number of hydrogen-bond donors (Lipinski definition) is 1. The van der Waals surface area contributed by atoms with Crippen molar-refractivity contribution in [1.29, 1.82) is 0 Å². The summed E-state index contributed by atoms with van der Waals surface area (Å²) in [6.07, 6.45) is 3.85. The van der Waals surface area contributed by atoms with Crippen LogP contribution in [-0.2, 0) is 0 Å². The Morgan fingerprint density at radius 1 is 1.44 bits per heavy atom. The lowest BCUT2D eigenvalue weighted by atomic mass is 9.99. The molecule has 0 radical (unpaired) electrons. The largest absolute Gasteiger partial charge is 0.389 e. The minimum atomic E-state index is -0.412. The number of nitrogens with zero attached hydrogens (tertiary/aromatic N) is 2. The Bertz CT molecular complexity index is 344. The van der Waals surface area contributed by atoms with Crippen LogP contribution in [0.2, 0.25) is 0 Å². The van der Waals surface area contributed by atoms with Gasteiger partial charge in [-0.2, -0.15) is 0 Å². The molecule has 88 valence electrons. The molecule has 1 saturated heterocycles. The van der Waals surface area contributed by atoms with Gasteiger partial charge in [0.2, 0.25) is 0 Å². The van der Waals surface area contributed by atoms with Crippen molar-refractivity contribution in [3.05, 3.63) is 23.9 Å². The van der Waals surface area contributed by atoms with Crippen LogP contribution in [0.3, 0.4) is 0 Å². The van der Waals surface area contributed by atoms with Gasteiger partial charge in [0, 0.05) is 19.3 Å². The molecular weight excluding hydrogens is 200 g/mol. The van der Waals surface area contributed by atoms with Crippen LogP contribution < -0.4 is 4.90 Å². The fraction of sp³-hybridized carbons (Fsp3) is 0.615. The number of rotatable bonds is 2. The van der Waals surface area contributed by atoms with Crippen LogP contribution in [0.15, 0.2) is 18.3 Å². The normalized spacial score (nSPS) is 19.8. The molecule has 3 heteroatoms. The average molecular weight is 220 g/mol. The summed E-state index contributed by atoms with van der Waals surface area (Å²) in [5.41, 5.74) is 0.948. The Kier molecular flexibility index (Phi) is 3.44. The zero-order valence-electron chi connectivity index (χ0n) is 10.1. The summed E-state index contributed by atoms with van der Waals surface area (Å²) in [6, 6.07) is 3.88. The standard InChI is InChI=1S/C13H20N2O/c1-10-4-7-15(8-5-10)13-9-12(11(2)16)3-6-14-13/h3,6,9-11,16H,4-5,7-8H2,1-2H3/t11-/m0/s1. The molecule has 0 unspecified atom stereocenters. The highest BCUT2D eigenvalue weighted by molar-refractivity contribution is 5.41. The molecule has 1 fully saturated rings. The molecule has 0 amide bonds. The smallest absolute Gasteiger partial charge is 0.128 e. The molecule has 16 heavy (non-hydrogen) atoms. The maximum Gasteiger partial charge on any atom is 0.128 e. The Hall–Kier alpha value is -1.09. The number of aromatic nitrogens is 1. The first-order valence-corrected chi connectivity index (χ1v) is 6.06. The molecule has 1 aliphatic heterocycles. The Morgan fingerprint density at radius 3 is 2.75 bits per heavy atom. The van der Waals surface area contributed by atoms with Crippen molar-refractivity contribution in [2.75, 3.05) is 18.0 Å². The van der Waals surface area contributed by atoms with Gasteiger partial charge in [0.05, 0.1) is 6.10 Å². The first kappa shape index (κ1) is 11.4. The van der Waals surface area contributed by atoms with Gasteiger partial charge >= 0.3 is 0 Å². The summed E-state index contributed by atoms with van der Waals surface area (Å²) in [6.45, 7) is 6.25. The van der Waals surface area contributed by atoms with Gasteiger partial charge in [-0.05, 0) is 43.4 Å². The Balaban J connectivity index is 2.11. The van der Waals surface area contributed by atoms with E-state index in [0.29, 0.717) is 0 Å². The van der Waals surface area contributed by atoms with Gasteiger partial charge in [-0.3, -0.25) is 0 Å². The van der Waals surface area contributed by atoms with Crippen LogP contribution in [0.5, 0.6) is 0 Å². The molecule has 2 heterocycles. The number of pyridine rings is 1. The van der Waals surface area contributed by atoms with Crippen molar-refractivity contribution in [1.82, 2.24) is 4.98 Å². The molecule has 0 aliphatic carbocycles. The van der Waals surface area contributed by atoms with Crippen molar-refractivity contribution in [3.8, 4) is 0 Å². The molecule has 3 nitrogen and oxygen atoms in total. The molecule has 1 aromatic heterocycles. The lowest BCUT2D eigenvalue weighted by Crippen LogP contribution is -2.33. The van der Waals surface area contributed by atoms with E-state index in [1.807, 2.05) is 12.1 Å². The highest BCUT2D eigenvalue weighted by atomic mass is 16.3. The zero-order valence-corrected chi connectivity index (χ0v) is 10.1. The molecule has 2 rings (SSSR count). The van der Waals surface area contributed by atoms with Gasteiger partial charge in [-0.1, -0.05) is 6.92 Å². The third kappa shape index (κ3) is 2.53. The molecule has 1 N–H and O–H groups in total. The summed E-state index contributed by atoms with van der Waals surface area (Å²) < 4.78 is 0. The van der Waals surface area contributed by atoms with Crippen molar-refractivity contribution < 1.29 is 5.11 Å². The first-order chi connectivity index (χ1) is 7.66. The van der Waals surface area contributed by atoms with E-state index >= 15 is 0 Å². The van der Waals surface area contributed by atoms with Crippen LogP contribution in [0.25, 0.3) is 0 Å². The number of anilines is 1. The predicted octanol–water partition coefficient (Wildman–Crippen LogP) is 2.37. The molecule has 0 spiro atoms. The third-order valence-corrected chi connectivity index (χ3v) is 3.36. The second kappa shape index (κ2) is 4.83. The fourth-order valence-corrected chi connectivity index (χ4v) is 2.10. The van der Waals surface area contributed by atoms with E-state index in [4.69, 9.17) is 0 Å². The van der Waals surface area contributed by atoms with Crippen LogP contribution in [0.4, 0.5) is 5.82 Å². The summed E-state index contributed by atoms with van der Waals surface area (Å²) >= 11 is 0. The Morgan fingerprint density at radius 2 is 2.12 bits per heavy atom. The second-order valence-electron chi connectivity index (χ2n) is 4.79. The van der Waals surface area contributed by atoms with Gasteiger partial charge in [0.1, 0.15) is 5.82 Å². The number of piperidine rings is 1. The SMILES string of the molecule is CC1CCN(c2cc([C@H](C)O)ccn2)CC1.